The van der Waals surface area contributed by atoms with Crippen molar-refractivity contribution in [2.75, 3.05) is 12.3 Å². The molecule has 0 bridgehead atoms. The second-order valence-electron chi connectivity index (χ2n) is 5.97. The Morgan fingerprint density at radius 3 is 2.31 bits per heavy atom. The van der Waals surface area contributed by atoms with Gasteiger partial charge < -0.3 is 25.4 Å². The summed E-state index contributed by atoms with van der Waals surface area (Å²) in [5.41, 5.74) is -1.16. The first-order chi connectivity index (χ1) is 12.0. The molecule has 11 heteroatoms. The van der Waals surface area contributed by atoms with Crippen molar-refractivity contribution < 1.29 is 34.1 Å². The molecular weight excluding hydrogens is 350 g/mol. The Balaban J connectivity index is 2.64. The minimum atomic E-state index is -2.83. The molecule has 1 aromatic heterocycles. The molecule has 0 aliphatic carbocycles. The average molecular weight is 369 g/mol. The van der Waals surface area contributed by atoms with E-state index in [1.165, 1.54) is 6.07 Å². The lowest BCUT2D eigenvalue weighted by Crippen LogP contribution is -2.66. The van der Waals surface area contributed by atoms with E-state index in [-0.39, 0.29) is 5.82 Å². The molecule has 2 rings (SSSR count). The third kappa shape index (κ3) is 2.79. The van der Waals surface area contributed by atoms with Crippen LogP contribution in [0.3, 0.4) is 0 Å². The molecule has 1 aliphatic heterocycles. The summed E-state index contributed by atoms with van der Waals surface area (Å²) >= 11 is 0. The highest BCUT2D eigenvalue weighted by Crippen LogP contribution is 2.46. The van der Waals surface area contributed by atoms with Gasteiger partial charge >= 0.3 is 11.7 Å². The minimum absolute atomic E-state index is 0.117. The van der Waals surface area contributed by atoms with E-state index in [4.69, 9.17) is 15.2 Å². The number of aromatic nitrogens is 2. The van der Waals surface area contributed by atoms with Gasteiger partial charge in [0.2, 0.25) is 5.60 Å². The van der Waals surface area contributed by atoms with Crippen molar-refractivity contribution >= 4 is 23.4 Å². The molecule has 1 aliphatic rings. The lowest BCUT2D eigenvalue weighted by atomic mass is 9.75. The van der Waals surface area contributed by atoms with Crippen LogP contribution in [0.1, 0.15) is 27.0 Å². The van der Waals surface area contributed by atoms with Crippen LogP contribution in [0.5, 0.6) is 0 Å². The van der Waals surface area contributed by atoms with Gasteiger partial charge in [-0.2, -0.15) is 4.98 Å². The highest BCUT2D eigenvalue weighted by molar-refractivity contribution is 5.98. The number of Topliss-reactive ketones (excluding diaryl/α,β-unsaturated/α-hetero) is 2. The van der Waals surface area contributed by atoms with Gasteiger partial charge in [0.15, 0.2) is 23.4 Å². The predicted octanol–water partition coefficient (Wildman–Crippen LogP) is -2.07. The molecule has 4 atom stereocenters. The van der Waals surface area contributed by atoms with Gasteiger partial charge in [0, 0.05) is 13.1 Å². The maximum Gasteiger partial charge on any atom is 0.351 e. The molecule has 4 N–H and O–H groups in total. The van der Waals surface area contributed by atoms with E-state index in [2.05, 4.69) is 4.98 Å². The summed E-state index contributed by atoms with van der Waals surface area (Å²) in [5.74, 6) is -2.89. The van der Waals surface area contributed by atoms with Crippen LogP contribution < -0.4 is 11.4 Å². The van der Waals surface area contributed by atoms with Crippen LogP contribution >= 0.6 is 0 Å². The summed E-state index contributed by atoms with van der Waals surface area (Å²) in [6.07, 6.45) is -2.31. The summed E-state index contributed by atoms with van der Waals surface area (Å²) in [6.45, 7) is 2.32. The van der Waals surface area contributed by atoms with Crippen LogP contribution in [0.4, 0.5) is 5.82 Å². The highest BCUT2D eigenvalue weighted by atomic mass is 16.6. The maximum atomic E-state index is 12.2. The molecule has 0 radical (unpaired) electrons. The largest absolute Gasteiger partial charge is 0.463 e. The number of nitrogens with two attached hydrogens (primary N) is 1. The molecule has 0 unspecified atom stereocenters. The number of carbonyl (C=O) groups is 3. The Labute approximate surface area is 147 Å². The summed E-state index contributed by atoms with van der Waals surface area (Å²) < 4.78 is 10.9. The van der Waals surface area contributed by atoms with Gasteiger partial charge in [-0.3, -0.25) is 19.0 Å². The number of carbonyl (C=O) groups excluding carboxylic acids is 3. The fourth-order valence-electron chi connectivity index (χ4n) is 2.95. The summed E-state index contributed by atoms with van der Waals surface area (Å²) in [5, 5.41) is 21.9. The second kappa shape index (κ2) is 6.59. The molecule has 0 amide bonds. The zero-order valence-corrected chi connectivity index (χ0v) is 14.3. The zero-order valence-electron chi connectivity index (χ0n) is 14.3. The molecule has 0 spiro atoms. The van der Waals surface area contributed by atoms with E-state index in [1.54, 1.807) is 0 Å². The van der Waals surface area contributed by atoms with Crippen LogP contribution in [0, 0.1) is 0 Å². The lowest BCUT2D eigenvalue weighted by Gasteiger charge is -2.37. The quantitative estimate of drug-likeness (QED) is 0.489. The fourth-order valence-corrected chi connectivity index (χ4v) is 2.95. The van der Waals surface area contributed by atoms with E-state index in [9.17, 15) is 29.4 Å². The van der Waals surface area contributed by atoms with Crippen molar-refractivity contribution in [1.82, 2.24) is 9.55 Å². The third-order valence-corrected chi connectivity index (χ3v) is 4.31. The van der Waals surface area contributed by atoms with E-state index < -0.39 is 53.4 Å². The third-order valence-electron chi connectivity index (χ3n) is 4.31. The number of esters is 1. The maximum absolute atomic E-state index is 12.2. The van der Waals surface area contributed by atoms with Crippen molar-refractivity contribution in [3.05, 3.63) is 22.7 Å². The van der Waals surface area contributed by atoms with Crippen molar-refractivity contribution in [1.29, 1.82) is 0 Å². The van der Waals surface area contributed by atoms with E-state index in [0.717, 1.165) is 31.5 Å². The fraction of sp³-hybridized carbons (Fsp3) is 0.533. The van der Waals surface area contributed by atoms with Gasteiger partial charge in [-0.15, -0.1) is 0 Å². The molecule has 0 saturated carbocycles. The Hall–Kier alpha value is -2.63. The Kier molecular flexibility index (Phi) is 4.99. The molecule has 1 aromatic rings. The topological polar surface area (TPSA) is 171 Å². The average Bonchev–Trinajstić information content (AvgIpc) is 2.76. The Morgan fingerprint density at radius 2 is 1.85 bits per heavy atom. The Morgan fingerprint density at radius 1 is 1.27 bits per heavy atom. The summed E-state index contributed by atoms with van der Waals surface area (Å²) in [4.78, 5) is 51.0. The van der Waals surface area contributed by atoms with Gasteiger partial charge in [-0.1, -0.05) is 0 Å². The predicted molar refractivity (Wildman–Crippen MR) is 84.7 cm³/mol. The standard InChI is InChI=1S/C15H19N3O8/c1-7(19)14(23)10(6-25-9(3)21)26-12(15(14,24)8(2)20)18-5-4-11(16)17-13(18)22/h4-5,10,12,23-24H,6H2,1-3H3,(H2,16,17,22)/t10-,12-,14-,15+/m1/s1. The van der Waals surface area contributed by atoms with E-state index in [1.807, 2.05) is 0 Å². The number of ketones is 2. The molecule has 2 heterocycles. The summed E-state index contributed by atoms with van der Waals surface area (Å²) in [6, 6.07) is 1.21. The minimum Gasteiger partial charge on any atom is -0.463 e. The van der Waals surface area contributed by atoms with Crippen molar-refractivity contribution in [2.45, 2.75) is 44.3 Å². The molecule has 0 aromatic carbocycles. The van der Waals surface area contributed by atoms with Gasteiger partial charge in [0.1, 0.15) is 18.5 Å². The molecule has 11 nitrogen and oxygen atoms in total. The Bertz CT molecular complexity index is 821. The molecule has 1 fully saturated rings. The zero-order chi connectivity index (χ0) is 19.9. The van der Waals surface area contributed by atoms with Crippen molar-refractivity contribution in [3.63, 3.8) is 0 Å². The molecule has 26 heavy (non-hydrogen) atoms. The van der Waals surface area contributed by atoms with Crippen LogP contribution in [-0.4, -0.2) is 61.2 Å². The smallest absolute Gasteiger partial charge is 0.351 e. The van der Waals surface area contributed by atoms with Crippen LogP contribution in [-0.2, 0) is 23.9 Å². The van der Waals surface area contributed by atoms with Gasteiger partial charge in [0.05, 0.1) is 0 Å². The first-order valence-corrected chi connectivity index (χ1v) is 7.56. The van der Waals surface area contributed by atoms with Crippen molar-refractivity contribution in [3.8, 4) is 0 Å². The monoisotopic (exact) mass is 369 g/mol. The van der Waals surface area contributed by atoms with Crippen LogP contribution in [0.15, 0.2) is 17.1 Å². The van der Waals surface area contributed by atoms with Crippen molar-refractivity contribution in [2.24, 2.45) is 0 Å². The molecular formula is C15H19N3O8. The van der Waals surface area contributed by atoms with Crippen LogP contribution in [0.2, 0.25) is 0 Å². The number of aliphatic hydroxyl groups is 2. The second-order valence-corrected chi connectivity index (χ2v) is 5.97. The van der Waals surface area contributed by atoms with Gasteiger partial charge in [-0.05, 0) is 19.9 Å². The van der Waals surface area contributed by atoms with E-state index >= 15 is 0 Å². The first-order valence-electron chi connectivity index (χ1n) is 7.56. The highest BCUT2D eigenvalue weighted by Gasteiger charge is 2.72. The molecule has 1 saturated heterocycles. The number of nitrogen functional groups attached to an aromatic ring is 1. The number of hydrogen-bond acceptors (Lipinski definition) is 10. The number of hydrogen-bond donors (Lipinski definition) is 3. The van der Waals surface area contributed by atoms with Gasteiger partial charge in [0.25, 0.3) is 0 Å². The SMILES string of the molecule is CC(=O)OC[C@H]1O[C@@H](n2ccc(N)nc2=O)[C@@](O)(C(C)=O)[C@@]1(O)C(C)=O. The van der Waals surface area contributed by atoms with Crippen LogP contribution in [0.25, 0.3) is 0 Å². The number of nitrogens with zero attached hydrogens (tertiary/aromatic N) is 2. The summed E-state index contributed by atoms with van der Waals surface area (Å²) in [7, 11) is 0. The number of rotatable bonds is 5. The van der Waals surface area contributed by atoms with E-state index in [0.29, 0.717) is 0 Å². The molecule has 142 valence electrons. The lowest BCUT2D eigenvalue weighted by molar-refractivity contribution is -0.182. The number of ether oxygens (including phenoxy) is 2. The number of anilines is 1. The van der Waals surface area contributed by atoms with Gasteiger partial charge in [-0.25, -0.2) is 4.79 Å². The first kappa shape index (κ1) is 19.7. The normalized spacial score (nSPS) is 30.8.